The maximum atomic E-state index is 14.7. The average molecular weight is 595 g/mol. The molecule has 0 radical (unpaired) electrons. The number of hydrogen-bond acceptors (Lipinski definition) is 8. The first-order valence-electron chi connectivity index (χ1n) is 12.9. The van der Waals surface area contributed by atoms with Crippen LogP contribution < -0.4 is 24.4 Å². The Balaban J connectivity index is 1.72. The van der Waals surface area contributed by atoms with E-state index in [9.17, 15) is 27.9 Å². The van der Waals surface area contributed by atoms with Crippen molar-refractivity contribution in [2.24, 2.45) is 0 Å². The zero-order valence-electron chi connectivity index (χ0n) is 22.9. The average Bonchev–Trinajstić information content (AvgIpc) is 3.12. The summed E-state index contributed by atoms with van der Waals surface area (Å²) in [6.07, 6.45) is -1.82. The molecule has 0 saturated heterocycles. The number of benzene rings is 3. The number of para-hydroxylation sites is 1. The minimum absolute atomic E-state index is 0.0404. The molecule has 0 saturated carbocycles. The molecule has 43 heavy (non-hydrogen) atoms. The van der Waals surface area contributed by atoms with Crippen LogP contribution in [-0.4, -0.2) is 53.8 Å². The molecule has 1 amide bonds. The quantitative estimate of drug-likeness (QED) is 0.298. The van der Waals surface area contributed by atoms with E-state index < -0.39 is 59.6 Å². The molecule has 4 aromatic rings. The van der Waals surface area contributed by atoms with Gasteiger partial charge in [0.15, 0.2) is 0 Å². The van der Waals surface area contributed by atoms with Crippen molar-refractivity contribution in [1.29, 1.82) is 0 Å². The number of ether oxygens (including phenoxy) is 3. The third kappa shape index (κ3) is 5.54. The summed E-state index contributed by atoms with van der Waals surface area (Å²) in [4.78, 5) is 36.0. The number of carbonyl (C=O) groups is 2. The van der Waals surface area contributed by atoms with Crippen molar-refractivity contribution in [3.05, 3.63) is 107 Å². The molecule has 1 aliphatic heterocycles. The number of hydrogen-bond donors (Lipinski definition) is 2. The lowest BCUT2D eigenvalue weighted by molar-refractivity contribution is -0.149. The number of carboxylic acids is 1. The van der Waals surface area contributed by atoms with Crippen molar-refractivity contribution in [1.82, 2.24) is 15.3 Å². The van der Waals surface area contributed by atoms with Crippen molar-refractivity contribution in [3.8, 4) is 17.8 Å². The van der Waals surface area contributed by atoms with E-state index in [1.54, 1.807) is 48.5 Å². The smallest absolute Gasteiger partial charge is 0.347 e. The van der Waals surface area contributed by atoms with Gasteiger partial charge < -0.3 is 24.2 Å². The lowest BCUT2D eigenvalue weighted by Gasteiger charge is -2.39. The molecule has 1 aliphatic rings. The topological polar surface area (TPSA) is 123 Å². The highest BCUT2D eigenvalue weighted by atomic mass is 19.1. The van der Waals surface area contributed by atoms with Crippen LogP contribution in [0.3, 0.4) is 0 Å². The summed E-state index contributed by atoms with van der Waals surface area (Å²) in [6.45, 7) is -1.08. The van der Waals surface area contributed by atoms with Crippen LogP contribution in [0.4, 0.5) is 18.9 Å². The van der Waals surface area contributed by atoms with Crippen molar-refractivity contribution in [2.75, 3.05) is 25.7 Å². The van der Waals surface area contributed by atoms with Gasteiger partial charge in [0.2, 0.25) is 23.8 Å². The summed E-state index contributed by atoms with van der Waals surface area (Å²) in [5.74, 6) is -5.47. The molecule has 13 heteroatoms. The van der Waals surface area contributed by atoms with E-state index in [4.69, 9.17) is 14.2 Å². The first kappa shape index (κ1) is 29.3. The fourth-order valence-corrected chi connectivity index (χ4v) is 5.06. The summed E-state index contributed by atoms with van der Waals surface area (Å²) in [7, 11) is 2.70. The second kappa shape index (κ2) is 12.0. The van der Waals surface area contributed by atoms with Gasteiger partial charge in [0.25, 0.3) is 0 Å². The Morgan fingerprint density at radius 2 is 1.58 bits per heavy atom. The molecule has 0 unspecified atom stereocenters. The lowest BCUT2D eigenvalue weighted by atomic mass is 9.77. The predicted molar refractivity (Wildman–Crippen MR) is 146 cm³/mol. The van der Waals surface area contributed by atoms with Crippen LogP contribution >= 0.6 is 0 Å². The number of nitrogens with zero attached hydrogens (tertiary/aromatic N) is 3. The second-order valence-corrected chi connectivity index (χ2v) is 9.44. The summed E-state index contributed by atoms with van der Waals surface area (Å²) in [5, 5.41) is 13.7. The normalized spacial score (nSPS) is 17.0. The molecule has 10 nitrogen and oxygen atoms in total. The highest BCUT2D eigenvalue weighted by Crippen LogP contribution is 2.42. The number of nitrogens with one attached hydrogen (secondary N) is 1. The van der Waals surface area contributed by atoms with Crippen LogP contribution in [0.1, 0.15) is 16.7 Å². The van der Waals surface area contributed by atoms with Gasteiger partial charge in [-0.25, -0.2) is 18.0 Å². The van der Waals surface area contributed by atoms with E-state index in [0.717, 1.165) is 4.90 Å². The Bertz CT molecular complexity index is 1630. The Morgan fingerprint density at radius 3 is 2.19 bits per heavy atom. The summed E-state index contributed by atoms with van der Waals surface area (Å²) in [5.41, 5.74) is -1.56. The number of amides is 1. The van der Waals surface area contributed by atoms with Gasteiger partial charge in [0.1, 0.15) is 23.0 Å². The van der Waals surface area contributed by atoms with Gasteiger partial charge in [-0.2, -0.15) is 9.97 Å². The molecule has 2 N–H and O–H groups in total. The third-order valence-electron chi connectivity index (χ3n) is 7.01. The van der Waals surface area contributed by atoms with E-state index in [1.807, 2.05) is 0 Å². The number of carboxylic acid groups (broad SMARTS) is 1. The second-order valence-electron chi connectivity index (χ2n) is 9.44. The maximum absolute atomic E-state index is 14.7. The number of carbonyl (C=O) groups excluding carboxylic acids is 1. The number of halogens is 3. The van der Waals surface area contributed by atoms with Crippen LogP contribution in [0.25, 0.3) is 0 Å². The lowest BCUT2D eigenvalue weighted by Crippen LogP contribution is -2.58. The zero-order chi connectivity index (χ0) is 30.7. The Labute approximate surface area is 243 Å². The fourth-order valence-electron chi connectivity index (χ4n) is 5.06. The van der Waals surface area contributed by atoms with Crippen molar-refractivity contribution in [3.63, 3.8) is 0 Å². The van der Waals surface area contributed by atoms with Gasteiger partial charge in [-0.3, -0.25) is 10.1 Å². The molecule has 5 rings (SSSR count). The fraction of sp³-hybridized carbons (Fsp3) is 0.200. The molecule has 2 atom stereocenters. The van der Waals surface area contributed by atoms with Crippen LogP contribution in [0.2, 0.25) is 0 Å². The predicted octanol–water partition coefficient (Wildman–Crippen LogP) is 3.82. The van der Waals surface area contributed by atoms with Gasteiger partial charge in [-0.15, -0.1) is 0 Å². The standard InChI is InChI=1S/C30H25F3N4O6/c1-41-24-14-25(42-2)36-29(35-24)43-27(28(39)40)30(17-8-4-3-5-9-17)20-10-6-7-11-23(20)37(26(38)15-34-30)16-19-21(32)12-18(31)13-22(19)33/h3-14,27,34H,15-16H2,1-2H3,(H,39,40)/t27-,30+/m1/s1. The number of anilines is 1. The molecule has 1 aromatic heterocycles. The first-order valence-corrected chi connectivity index (χ1v) is 12.9. The van der Waals surface area contributed by atoms with E-state index in [0.29, 0.717) is 17.7 Å². The Kier molecular flexibility index (Phi) is 8.17. The van der Waals surface area contributed by atoms with Crippen LogP contribution in [0.15, 0.2) is 72.8 Å². The minimum atomic E-state index is -1.82. The van der Waals surface area contributed by atoms with Crippen LogP contribution in [0.5, 0.6) is 17.8 Å². The van der Waals surface area contributed by atoms with Gasteiger partial charge in [0, 0.05) is 28.9 Å². The minimum Gasteiger partial charge on any atom is -0.481 e. The zero-order valence-corrected chi connectivity index (χ0v) is 22.9. The van der Waals surface area contributed by atoms with Gasteiger partial charge in [0.05, 0.1) is 33.4 Å². The molecule has 0 aliphatic carbocycles. The monoisotopic (exact) mass is 594 g/mol. The number of rotatable bonds is 9. The molecule has 2 heterocycles. The number of aliphatic carboxylic acids is 1. The summed E-state index contributed by atoms with van der Waals surface area (Å²) in [6, 6.07) is 16.7. The SMILES string of the molecule is COc1cc(OC)nc(O[C@H](C(=O)O)[C@@]2(c3ccccc3)NCC(=O)N(Cc3c(F)cc(F)cc3F)c3ccccc32)n1. The molecule has 0 fully saturated rings. The number of fused-ring (bicyclic) bond motifs is 1. The van der Waals surface area contributed by atoms with E-state index in [2.05, 4.69) is 15.3 Å². The van der Waals surface area contributed by atoms with E-state index in [-0.39, 0.29) is 29.0 Å². The summed E-state index contributed by atoms with van der Waals surface area (Å²) >= 11 is 0. The van der Waals surface area contributed by atoms with Crippen molar-refractivity contribution < 1.29 is 42.1 Å². The molecule has 222 valence electrons. The molecule has 0 spiro atoms. The third-order valence-corrected chi connectivity index (χ3v) is 7.01. The van der Waals surface area contributed by atoms with Crippen LogP contribution in [0, 0.1) is 17.5 Å². The van der Waals surface area contributed by atoms with Crippen molar-refractivity contribution >= 4 is 17.6 Å². The summed E-state index contributed by atoms with van der Waals surface area (Å²) < 4.78 is 59.4. The first-order chi connectivity index (χ1) is 20.7. The van der Waals surface area contributed by atoms with E-state index in [1.165, 1.54) is 26.4 Å². The Hall–Kier alpha value is -5.17. The Morgan fingerprint density at radius 1 is 0.977 bits per heavy atom. The highest BCUT2D eigenvalue weighted by molar-refractivity contribution is 5.97. The van der Waals surface area contributed by atoms with Gasteiger partial charge in [-0.1, -0.05) is 48.5 Å². The van der Waals surface area contributed by atoms with Gasteiger partial charge in [-0.05, 0) is 11.6 Å². The van der Waals surface area contributed by atoms with Crippen molar-refractivity contribution in [2.45, 2.75) is 18.2 Å². The molecule has 0 bridgehead atoms. The van der Waals surface area contributed by atoms with E-state index >= 15 is 0 Å². The van der Waals surface area contributed by atoms with Gasteiger partial charge >= 0.3 is 12.0 Å². The molecule has 3 aromatic carbocycles. The van der Waals surface area contributed by atoms with Crippen LogP contribution in [-0.2, 0) is 21.7 Å². The largest absolute Gasteiger partial charge is 0.481 e. The number of aromatic nitrogens is 2. The highest BCUT2D eigenvalue weighted by Gasteiger charge is 2.52. The number of methoxy groups -OCH3 is 2. The maximum Gasteiger partial charge on any atom is 0.347 e. The molecular weight excluding hydrogens is 569 g/mol. The molecular formula is C30H25F3N4O6.